The van der Waals surface area contributed by atoms with Crippen LogP contribution < -0.4 is 0 Å². The highest BCUT2D eigenvalue weighted by molar-refractivity contribution is 7.09. The minimum Gasteiger partial charge on any atom is -0.396 e. The molecule has 0 amide bonds. The van der Waals surface area contributed by atoms with Gasteiger partial charge in [-0.25, -0.2) is 4.98 Å². The van der Waals surface area contributed by atoms with Crippen molar-refractivity contribution in [2.24, 2.45) is 0 Å². The average molecular weight is 397 g/mol. The first-order valence-corrected chi connectivity index (χ1v) is 10.8. The first-order chi connectivity index (χ1) is 13.7. The summed E-state index contributed by atoms with van der Waals surface area (Å²) in [6.07, 6.45) is 4.74. The second kappa shape index (κ2) is 9.01. The lowest BCUT2D eigenvalue weighted by Crippen LogP contribution is -2.52. The number of aromatic nitrogens is 2. The second-order valence-electron chi connectivity index (χ2n) is 7.50. The Morgan fingerprint density at radius 1 is 1.18 bits per heavy atom. The minimum atomic E-state index is 0.233. The van der Waals surface area contributed by atoms with Gasteiger partial charge in [-0.1, -0.05) is 18.2 Å². The molecule has 1 aromatic carbocycles. The first-order valence-electron chi connectivity index (χ1n) is 9.92. The average Bonchev–Trinajstić information content (AvgIpc) is 3.36. The van der Waals surface area contributed by atoms with Crippen LogP contribution in [-0.2, 0) is 13.1 Å². The van der Waals surface area contributed by atoms with Gasteiger partial charge in [0.15, 0.2) is 0 Å². The summed E-state index contributed by atoms with van der Waals surface area (Å²) >= 11 is 1.81. The van der Waals surface area contributed by atoms with Crippen molar-refractivity contribution in [3.05, 3.63) is 70.4 Å². The van der Waals surface area contributed by atoms with Gasteiger partial charge in [-0.05, 0) is 42.5 Å². The Morgan fingerprint density at radius 3 is 2.89 bits per heavy atom. The minimum absolute atomic E-state index is 0.233. The molecule has 0 saturated carbocycles. The molecule has 3 heterocycles. The lowest BCUT2D eigenvalue weighted by atomic mass is 10.1. The van der Waals surface area contributed by atoms with Crippen LogP contribution in [0.3, 0.4) is 0 Å². The topological polar surface area (TPSA) is 44.5 Å². The Morgan fingerprint density at radius 2 is 2.11 bits per heavy atom. The number of benzene rings is 1. The lowest BCUT2D eigenvalue weighted by Gasteiger charge is -2.41. The predicted octanol–water partition coefficient (Wildman–Crippen LogP) is 3.31. The van der Waals surface area contributed by atoms with E-state index in [2.05, 4.69) is 68.1 Å². The van der Waals surface area contributed by atoms with E-state index in [1.54, 1.807) is 0 Å². The summed E-state index contributed by atoms with van der Waals surface area (Å²) in [7, 11) is 0. The monoisotopic (exact) mass is 396 g/mol. The third kappa shape index (κ3) is 4.52. The van der Waals surface area contributed by atoms with E-state index in [4.69, 9.17) is 0 Å². The van der Waals surface area contributed by atoms with E-state index in [0.717, 1.165) is 50.7 Å². The number of hydrogen-bond acceptors (Lipinski definition) is 5. The summed E-state index contributed by atoms with van der Waals surface area (Å²) in [6, 6.07) is 13.2. The Labute approximate surface area is 170 Å². The Balaban J connectivity index is 1.44. The molecule has 0 spiro atoms. The summed E-state index contributed by atoms with van der Waals surface area (Å²) in [5.74, 6) is 1.07. The molecule has 2 aromatic heterocycles. The molecule has 0 bridgehead atoms. The van der Waals surface area contributed by atoms with Crippen molar-refractivity contribution in [3.8, 4) is 5.69 Å². The van der Waals surface area contributed by atoms with Gasteiger partial charge in [0.1, 0.15) is 5.82 Å². The maximum Gasteiger partial charge on any atom is 0.127 e. The highest BCUT2D eigenvalue weighted by Gasteiger charge is 2.27. The third-order valence-corrected chi connectivity index (χ3v) is 6.31. The largest absolute Gasteiger partial charge is 0.396 e. The number of piperazine rings is 1. The molecule has 28 heavy (non-hydrogen) atoms. The maximum atomic E-state index is 9.57. The van der Waals surface area contributed by atoms with E-state index in [1.807, 2.05) is 23.7 Å². The molecule has 6 heteroatoms. The van der Waals surface area contributed by atoms with Crippen LogP contribution in [0.5, 0.6) is 0 Å². The van der Waals surface area contributed by atoms with E-state index in [9.17, 15) is 5.11 Å². The predicted molar refractivity (Wildman–Crippen MR) is 114 cm³/mol. The normalized spacial score (nSPS) is 18.6. The summed E-state index contributed by atoms with van der Waals surface area (Å²) in [4.78, 5) is 11.0. The molecule has 3 aromatic rings. The van der Waals surface area contributed by atoms with Gasteiger partial charge in [-0.15, -0.1) is 11.3 Å². The smallest absolute Gasteiger partial charge is 0.127 e. The molecule has 0 unspecified atom stereocenters. The molecule has 0 aliphatic carbocycles. The van der Waals surface area contributed by atoms with Crippen molar-refractivity contribution in [3.63, 3.8) is 0 Å². The standard InChI is InChI=1S/C22H28N4OS/c1-18-4-2-5-19(14-18)26-9-8-23-22(26)17-24-10-11-25(20(15-24)7-12-27)16-21-6-3-13-28-21/h2-6,8-9,13-14,20,27H,7,10-12,15-17H2,1H3/t20-/m1/s1. The molecule has 1 N–H and O–H groups in total. The fraction of sp³-hybridized carbons (Fsp3) is 0.409. The Hall–Kier alpha value is -1.99. The maximum absolute atomic E-state index is 9.57. The third-order valence-electron chi connectivity index (χ3n) is 5.45. The van der Waals surface area contributed by atoms with Crippen LogP contribution in [0.15, 0.2) is 54.2 Å². The number of aliphatic hydroxyl groups excluding tert-OH is 1. The molecular weight excluding hydrogens is 368 g/mol. The molecule has 1 aliphatic rings. The van der Waals surface area contributed by atoms with Crippen molar-refractivity contribution >= 4 is 11.3 Å². The fourth-order valence-electron chi connectivity index (χ4n) is 4.00. The number of aliphatic hydroxyl groups is 1. The zero-order chi connectivity index (χ0) is 19.3. The molecule has 1 fully saturated rings. The fourth-order valence-corrected chi connectivity index (χ4v) is 4.73. The second-order valence-corrected chi connectivity index (χ2v) is 8.54. The molecule has 4 rings (SSSR count). The number of imidazole rings is 1. The van der Waals surface area contributed by atoms with Crippen LogP contribution in [0, 0.1) is 6.92 Å². The van der Waals surface area contributed by atoms with E-state index >= 15 is 0 Å². The molecule has 148 valence electrons. The zero-order valence-electron chi connectivity index (χ0n) is 16.4. The van der Waals surface area contributed by atoms with Crippen LogP contribution in [0.1, 0.15) is 22.7 Å². The van der Waals surface area contributed by atoms with Crippen molar-refractivity contribution in [1.82, 2.24) is 19.4 Å². The summed E-state index contributed by atoms with van der Waals surface area (Å²) in [5, 5.41) is 11.7. The molecule has 1 saturated heterocycles. The highest BCUT2D eigenvalue weighted by atomic mass is 32.1. The van der Waals surface area contributed by atoms with Crippen molar-refractivity contribution < 1.29 is 5.11 Å². The van der Waals surface area contributed by atoms with E-state index in [-0.39, 0.29) is 6.61 Å². The van der Waals surface area contributed by atoms with Gasteiger partial charge >= 0.3 is 0 Å². The van der Waals surface area contributed by atoms with Gasteiger partial charge in [0, 0.05) is 61.8 Å². The van der Waals surface area contributed by atoms with Crippen LogP contribution in [0.2, 0.25) is 0 Å². The van der Waals surface area contributed by atoms with Gasteiger partial charge in [-0.3, -0.25) is 9.80 Å². The lowest BCUT2D eigenvalue weighted by molar-refractivity contribution is 0.0492. The first kappa shape index (κ1) is 19.3. The number of hydrogen-bond donors (Lipinski definition) is 1. The van der Waals surface area contributed by atoms with Gasteiger partial charge in [0.2, 0.25) is 0 Å². The van der Waals surface area contributed by atoms with Gasteiger partial charge in [0.05, 0.1) is 6.54 Å². The number of nitrogens with zero attached hydrogens (tertiary/aromatic N) is 4. The molecule has 1 atom stereocenters. The van der Waals surface area contributed by atoms with Gasteiger partial charge < -0.3 is 9.67 Å². The van der Waals surface area contributed by atoms with E-state index in [0.29, 0.717) is 6.04 Å². The number of thiophene rings is 1. The summed E-state index contributed by atoms with van der Waals surface area (Å²) < 4.78 is 2.19. The Kier molecular flexibility index (Phi) is 6.22. The van der Waals surface area contributed by atoms with E-state index in [1.165, 1.54) is 10.4 Å². The molecule has 0 radical (unpaired) electrons. The van der Waals surface area contributed by atoms with Crippen molar-refractivity contribution in [2.45, 2.75) is 32.5 Å². The number of aryl methyl sites for hydroxylation is 1. The quantitative estimate of drug-likeness (QED) is 0.665. The molecule has 5 nitrogen and oxygen atoms in total. The van der Waals surface area contributed by atoms with Crippen molar-refractivity contribution in [1.29, 1.82) is 0 Å². The SMILES string of the molecule is Cc1cccc(-n2ccnc2CN2CCN(Cc3cccs3)[C@H](CCO)C2)c1. The number of rotatable bonds is 7. The van der Waals surface area contributed by atoms with Crippen LogP contribution in [-0.4, -0.2) is 56.7 Å². The highest BCUT2D eigenvalue weighted by Crippen LogP contribution is 2.21. The van der Waals surface area contributed by atoms with Gasteiger partial charge in [-0.2, -0.15) is 0 Å². The summed E-state index contributed by atoms with van der Waals surface area (Å²) in [6.45, 7) is 7.17. The van der Waals surface area contributed by atoms with E-state index < -0.39 is 0 Å². The summed E-state index contributed by atoms with van der Waals surface area (Å²) in [5.41, 5.74) is 2.41. The molecule has 1 aliphatic heterocycles. The van der Waals surface area contributed by atoms with Crippen LogP contribution in [0.25, 0.3) is 5.69 Å². The zero-order valence-corrected chi connectivity index (χ0v) is 17.2. The van der Waals surface area contributed by atoms with Gasteiger partial charge in [0.25, 0.3) is 0 Å². The van der Waals surface area contributed by atoms with Crippen LogP contribution >= 0.6 is 11.3 Å². The molecular formula is C22H28N4OS. The van der Waals surface area contributed by atoms with Crippen molar-refractivity contribution in [2.75, 3.05) is 26.2 Å². The Bertz CT molecular complexity index is 876. The van der Waals surface area contributed by atoms with Crippen LogP contribution in [0.4, 0.5) is 0 Å².